The van der Waals surface area contributed by atoms with Gasteiger partial charge in [-0.25, -0.2) is 4.98 Å². The molecule has 1 aromatic rings. The van der Waals surface area contributed by atoms with Gasteiger partial charge < -0.3 is 15.1 Å². The van der Waals surface area contributed by atoms with Crippen molar-refractivity contribution in [1.29, 1.82) is 0 Å². The molecule has 0 aromatic carbocycles. The van der Waals surface area contributed by atoms with Crippen molar-refractivity contribution in [2.75, 3.05) is 38.6 Å². The molecule has 1 aromatic heterocycles. The number of rotatable bonds is 5. The minimum Gasteiger partial charge on any atom is -0.355 e. The monoisotopic (exact) mass is 384 g/mol. The summed E-state index contributed by atoms with van der Waals surface area (Å²) in [6, 6.07) is 2.34. The van der Waals surface area contributed by atoms with Crippen LogP contribution in [-0.4, -0.2) is 55.1 Å². The van der Waals surface area contributed by atoms with Gasteiger partial charge in [-0.05, 0) is 58.3 Å². The number of nitrogens with zero attached hydrogens (tertiary/aromatic N) is 3. The molecule has 3 rings (SSSR count). The zero-order chi connectivity index (χ0) is 19.7. The van der Waals surface area contributed by atoms with Gasteiger partial charge in [-0.1, -0.05) is 0 Å². The van der Waals surface area contributed by atoms with E-state index in [-0.39, 0.29) is 29.7 Å². The molecule has 27 heavy (non-hydrogen) atoms. The molecule has 5 nitrogen and oxygen atoms in total. The highest BCUT2D eigenvalue weighted by Crippen LogP contribution is 2.37. The third kappa shape index (κ3) is 4.54. The third-order valence-corrected chi connectivity index (χ3v) is 5.50. The summed E-state index contributed by atoms with van der Waals surface area (Å²) in [4.78, 5) is 20.5. The molecular weight excluding hydrogens is 357 g/mol. The van der Waals surface area contributed by atoms with Crippen LogP contribution in [0.15, 0.2) is 18.3 Å². The average Bonchev–Trinajstić information content (AvgIpc) is 2.58. The number of anilines is 1. The van der Waals surface area contributed by atoms with E-state index in [1.54, 1.807) is 4.90 Å². The maximum Gasteiger partial charge on any atom is 0.419 e. The highest BCUT2D eigenvalue weighted by atomic mass is 19.4. The molecule has 1 N–H and O–H groups in total. The van der Waals surface area contributed by atoms with Gasteiger partial charge in [0.15, 0.2) is 0 Å². The van der Waals surface area contributed by atoms with E-state index in [0.717, 1.165) is 31.9 Å². The van der Waals surface area contributed by atoms with Crippen molar-refractivity contribution in [1.82, 2.24) is 15.2 Å². The molecule has 1 aliphatic heterocycles. The normalized spacial score (nSPS) is 22.4. The molecule has 8 heteroatoms. The van der Waals surface area contributed by atoms with E-state index in [4.69, 9.17) is 0 Å². The minimum absolute atomic E-state index is 0.0502. The van der Waals surface area contributed by atoms with Crippen LogP contribution in [0.1, 0.15) is 37.7 Å². The minimum atomic E-state index is -4.46. The zero-order valence-corrected chi connectivity index (χ0v) is 15.9. The quantitative estimate of drug-likeness (QED) is 0.848. The molecule has 150 valence electrons. The Morgan fingerprint density at radius 1 is 1.37 bits per heavy atom. The highest BCUT2D eigenvalue weighted by molar-refractivity contribution is 5.80. The fourth-order valence-corrected chi connectivity index (χ4v) is 4.15. The number of likely N-dealkylation sites (N-methyl/N-ethyl adjacent to an activating group) is 1. The Kier molecular flexibility index (Phi) is 5.65. The molecule has 2 aliphatic rings. The lowest BCUT2D eigenvalue weighted by atomic mass is 9.76. The molecular formula is C19H27F3N4O. The van der Waals surface area contributed by atoms with Gasteiger partial charge in [0.2, 0.25) is 5.91 Å². The second kappa shape index (κ2) is 7.66. The van der Waals surface area contributed by atoms with Crippen LogP contribution in [0.25, 0.3) is 0 Å². The second-order valence-electron chi connectivity index (χ2n) is 8.02. The first-order chi connectivity index (χ1) is 12.7. The van der Waals surface area contributed by atoms with Crippen molar-refractivity contribution >= 4 is 11.7 Å². The Bertz CT molecular complexity index is 673. The average molecular weight is 384 g/mol. The molecule has 1 saturated heterocycles. The number of halogens is 3. The molecule has 0 spiro atoms. The van der Waals surface area contributed by atoms with Crippen LogP contribution in [0.5, 0.6) is 0 Å². The first-order valence-electron chi connectivity index (χ1n) is 9.44. The second-order valence-corrected chi connectivity index (χ2v) is 8.02. The summed E-state index contributed by atoms with van der Waals surface area (Å²) < 4.78 is 39.9. The molecule has 2 fully saturated rings. The van der Waals surface area contributed by atoms with Gasteiger partial charge in [0.05, 0.1) is 17.0 Å². The number of piperidine rings is 1. The van der Waals surface area contributed by atoms with Crippen LogP contribution < -0.4 is 10.2 Å². The number of nitrogens with one attached hydrogen (secondary N) is 1. The predicted molar refractivity (Wildman–Crippen MR) is 97.5 cm³/mol. The standard InChI is InChI=1S/C19H27F3N4O/c1-25(2)13-18(8-5-9-18)24-17(27)14-6-4-11-26(12-14)16-15(19(20,21)22)7-3-10-23-16/h3,7,10,14H,4-6,8-9,11-13H2,1-2H3,(H,24,27). The van der Waals surface area contributed by atoms with Crippen LogP contribution in [0.2, 0.25) is 0 Å². The molecule has 0 bridgehead atoms. The first kappa shape index (κ1) is 19.9. The number of alkyl halides is 3. The van der Waals surface area contributed by atoms with Crippen molar-refractivity contribution < 1.29 is 18.0 Å². The Labute approximate surface area is 157 Å². The summed E-state index contributed by atoms with van der Waals surface area (Å²) in [6.07, 6.45) is 1.27. The van der Waals surface area contributed by atoms with Crippen LogP contribution in [0, 0.1) is 5.92 Å². The van der Waals surface area contributed by atoms with E-state index in [0.29, 0.717) is 19.4 Å². The summed E-state index contributed by atoms with van der Waals surface area (Å²) in [5.74, 6) is -0.443. The van der Waals surface area contributed by atoms with E-state index in [1.807, 2.05) is 14.1 Å². The van der Waals surface area contributed by atoms with Gasteiger partial charge >= 0.3 is 6.18 Å². The predicted octanol–water partition coefficient (Wildman–Crippen LogP) is 2.92. The number of carbonyl (C=O) groups excluding carboxylic acids is 1. The summed E-state index contributed by atoms with van der Waals surface area (Å²) in [5, 5.41) is 3.20. The van der Waals surface area contributed by atoms with E-state index in [2.05, 4.69) is 15.2 Å². The fourth-order valence-electron chi connectivity index (χ4n) is 4.15. The van der Waals surface area contributed by atoms with Crippen LogP contribution in [0.4, 0.5) is 19.0 Å². The maximum absolute atomic E-state index is 13.3. The highest BCUT2D eigenvalue weighted by Gasteiger charge is 2.41. The van der Waals surface area contributed by atoms with Gasteiger partial charge in [-0.2, -0.15) is 13.2 Å². The lowest BCUT2D eigenvalue weighted by molar-refractivity contribution is -0.137. The number of hydrogen-bond donors (Lipinski definition) is 1. The molecule has 0 radical (unpaired) electrons. The number of hydrogen-bond acceptors (Lipinski definition) is 4. The summed E-state index contributed by atoms with van der Waals surface area (Å²) in [5.41, 5.74) is -0.931. The Morgan fingerprint density at radius 3 is 2.70 bits per heavy atom. The summed E-state index contributed by atoms with van der Waals surface area (Å²) in [6.45, 7) is 1.53. The third-order valence-electron chi connectivity index (χ3n) is 5.50. The molecule has 1 unspecified atom stereocenters. The van der Waals surface area contributed by atoms with Crippen molar-refractivity contribution in [2.45, 2.75) is 43.8 Å². The van der Waals surface area contributed by atoms with Crippen molar-refractivity contribution in [3.63, 3.8) is 0 Å². The Morgan fingerprint density at radius 2 is 2.11 bits per heavy atom. The van der Waals surface area contributed by atoms with E-state index in [9.17, 15) is 18.0 Å². The van der Waals surface area contributed by atoms with E-state index >= 15 is 0 Å². The van der Waals surface area contributed by atoms with E-state index < -0.39 is 11.7 Å². The van der Waals surface area contributed by atoms with E-state index in [1.165, 1.54) is 12.3 Å². The Hall–Kier alpha value is -1.83. The maximum atomic E-state index is 13.3. The first-order valence-corrected chi connectivity index (χ1v) is 9.44. The molecule has 1 aliphatic carbocycles. The number of aromatic nitrogens is 1. The van der Waals surface area contributed by atoms with Gasteiger partial charge in [-0.3, -0.25) is 4.79 Å². The van der Waals surface area contributed by atoms with Crippen LogP contribution in [0.3, 0.4) is 0 Å². The summed E-state index contributed by atoms with van der Waals surface area (Å²) in [7, 11) is 3.96. The molecule has 1 amide bonds. The lowest BCUT2D eigenvalue weighted by Crippen LogP contribution is -2.61. The summed E-state index contributed by atoms with van der Waals surface area (Å²) >= 11 is 0. The largest absolute Gasteiger partial charge is 0.419 e. The smallest absolute Gasteiger partial charge is 0.355 e. The van der Waals surface area contributed by atoms with Gasteiger partial charge in [0.25, 0.3) is 0 Å². The van der Waals surface area contributed by atoms with Gasteiger partial charge in [-0.15, -0.1) is 0 Å². The van der Waals surface area contributed by atoms with Crippen molar-refractivity contribution in [3.8, 4) is 0 Å². The number of pyridine rings is 1. The number of amides is 1. The van der Waals surface area contributed by atoms with Crippen molar-refractivity contribution in [2.24, 2.45) is 5.92 Å². The lowest BCUT2D eigenvalue weighted by Gasteiger charge is -2.45. The van der Waals surface area contributed by atoms with Gasteiger partial charge in [0.1, 0.15) is 5.82 Å². The molecule has 2 heterocycles. The van der Waals surface area contributed by atoms with Crippen molar-refractivity contribution in [3.05, 3.63) is 23.9 Å². The molecule has 1 atom stereocenters. The topological polar surface area (TPSA) is 48.5 Å². The van der Waals surface area contributed by atoms with Crippen LogP contribution in [-0.2, 0) is 11.0 Å². The fraction of sp³-hybridized carbons (Fsp3) is 0.684. The SMILES string of the molecule is CN(C)CC1(NC(=O)C2CCCN(c3ncccc3C(F)(F)F)C2)CCC1. The number of carbonyl (C=O) groups is 1. The van der Waals surface area contributed by atoms with Gasteiger partial charge in [0, 0.05) is 25.8 Å². The zero-order valence-electron chi connectivity index (χ0n) is 15.9. The Balaban J connectivity index is 1.71. The molecule has 1 saturated carbocycles. The van der Waals surface area contributed by atoms with Crippen LogP contribution >= 0.6 is 0 Å².